The van der Waals surface area contributed by atoms with E-state index in [1.165, 1.54) is 0 Å². The number of nitrogens with one attached hydrogen (secondary N) is 8. The maximum Gasteiger partial charge on any atom is 0.316 e. The molecule has 0 aromatic heterocycles. The molecule has 19 N–H and O–H groups in total. The molecule has 0 spiro atoms. The van der Waals surface area contributed by atoms with Crippen molar-refractivity contribution in [2.24, 2.45) is 27.9 Å². The Kier molecular flexibility index (Phi) is 15.4. The van der Waals surface area contributed by atoms with Gasteiger partial charge in [0.2, 0.25) is 29.5 Å². The second-order valence-electron chi connectivity index (χ2n) is 10.7. The van der Waals surface area contributed by atoms with Gasteiger partial charge in [0.15, 0.2) is 12.2 Å². The monoisotopic (exact) mass is 685 g/mol. The van der Waals surface area contributed by atoms with E-state index in [1.54, 1.807) is 0 Å². The summed E-state index contributed by atoms with van der Waals surface area (Å²) in [4.78, 5) is 94.0. The quantitative estimate of drug-likeness (QED) is 0.0950. The van der Waals surface area contributed by atoms with Crippen LogP contribution in [0.1, 0.15) is 25.7 Å². The molecule has 0 radical (unpaired) electrons. The molecule has 0 unspecified atom stereocenters. The first kappa shape index (κ1) is 39.1. The van der Waals surface area contributed by atoms with Gasteiger partial charge in [0, 0.05) is 31.6 Å². The number of rotatable bonds is 10. The number of primary amides is 1. The molecule has 2 rings (SSSR count). The third-order valence-corrected chi connectivity index (χ3v) is 6.91. The van der Waals surface area contributed by atoms with E-state index in [0.29, 0.717) is 25.6 Å². The molecule has 268 valence electrons. The van der Waals surface area contributed by atoms with Crippen molar-refractivity contribution < 1.29 is 48.9 Å². The zero-order valence-corrected chi connectivity index (χ0v) is 25.7. The van der Waals surface area contributed by atoms with Crippen LogP contribution in [-0.2, 0) is 28.8 Å². The molecule has 2 aliphatic heterocycles. The van der Waals surface area contributed by atoms with E-state index in [9.17, 15) is 48.9 Å². The number of guanidine groups is 1. The van der Waals surface area contributed by atoms with Crippen molar-refractivity contribution in [3.8, 4) is 0 Å². The van der Waals surface area contributed by atoms with Gasteiger partial charge in [0.05, 0.1) is 19.3 Å². The molecule has 23 nitrogen and oxygen atoms in total. The fraction of sp³-hybridized carbons (Fsp3) is 0.600. The molecule has 2 heterocycles. The average Bonchev–Trinajstić information content (AvgIpc) is 3.02. The Bertz CT molecular complexity index is 1280. The summed E-state index contributed by atoms with van der Waals surface area (Å²) in [5.74, 6) is -6.65. The van der Waals surface area contributed by atoms with Gasteiger partial charge in [-0.05, 0) is 19.4 Å². The van der Waals surface area contributed by atoms with E-state index >= 15 is 0 Å². The smallest absolute Gasteiger partial charge is 0.316 e. The maximum absolute atomic E-state index is 13.6. The number of nitrogens with zero attached hydrogens (tertiary/aromatic N) is 1. The van der Waals surface area contributed by atoms with Gasteiger partial charge in [0.25, 0.3) is 5.91 Å². The molecule has 7 atom stereocenters. The summed E-state index contributed by atoms with van der Waals surface area (Å²) in [6.45, 7) is -2.36. The van der Waals surface area contributed by atoms with Gasteiger partial charge < -0.3 is 80.8 Å². The van der Waals surface area contributed by atoms with Crippen LogP contribution in [-0.4, -0.2) is 132 Å². The van der Waals surface area contributed by atoms with Gasteiger partial charge in [-0.1, -0.05) is 0 Å². The fourth-order valence-electron chi connectivity index (χ4n) is 4.46. The lowest BCUT2D eigenvalue weighted by Gasteiger charge is -2.33. The van der Waals surface area contributed by atoms with Crippen LogP contribution in [0.25, 0.3) is 0 Å². The largest absolute Gasteiger partial charge is 0.394 e. The number of hydrogen-bond donors (Lipinski definition) is 15. The lowest BCUT2D eigenvalue weighted by molar-refractivity contribution is -0.135. The molecule has 2 aliphatic rings. The Morgan fingerprint density at radius 1 is 0.979 bits per heavy atom. The van der Waals surface area contributed by atoms with Crippen molar-refractivity contribution in [1.29, 1.82) is 0 Å². The molecule has 0 aromatic carbocycles. The highest BCUT2D eigenvalue weighted by Gasteiger charge is 2.37. The molecule has 1 saturated heterocycles. The summed E-state index contributed by atoms with van der Waals surface area (Å²) in [5, 5.41) is 47.9. The number of urea groups is 1. The minimum Gasteiger partial charge on any atom is -0.394 e. The third-order valence-electron chi connectivity index (χ3n) is 6.91. The summed E-state index contributed by atoms with van der Waals surface area (Å²) in [6, 6.07) is -9.66. The fourth-order valence-corrected chi connectivity index (χ4v) is 4.46. The van der Waals surface area contributed by atoms with Gasteiger partial charge in [0.1, 0.15) is 29.9 Å². The minimum absolute atomic E-state index is 0.245. The number of amides is 8. The van der Waals surface area contributed by atoms with Crippen LogP contribution in [0.15, 0.2) is 16.9 Å². The Morgan fingerprint density at radius 2 is 1.62 bits per heavy atom. The van der Waals surface area contributed by atoms with Gasteiger partial charge >= 0.3 is 6.03 Å². The molecule has 0 aromatic rings. The summed E-state index contributed by atoms with van der Waals surface area (Å²) < 4.78 is 0. The maximum atomic E-state index is 13.6. The van der Waals surface area contributed by atoms with Gasteiger partial charge in [-0.3, -0.25) is 28.8 Å². The first-order valence-corrected chi connectivity index (χ1v) is 14.7. The Morgan fingerprint density at radius 3 is 2.23 bits per heavy atom. The molecule has 1 fully saturated rings. The summed E-state index contributed by atoms with van der Waals surface area (Å²) in [7, 11) is 0. The Balaban J connectivity index is 2.54. The normalized spacial score (nSPS) is 27.6. The third kappa shape index (κ3) is 12.3. The zero-order chi connectivity index (χ0) is 36.0. The van der Waals surface area contributed by atoms with E-state index in [1.807, 2.05) is 5.32 Å². The first-order valence-electron chi connectivity index (χ1n) is 14.7. The molecule has 8 amide bonds. The lowest BCUT2D eigenvalue weighted by atomic mass is 10.0. The molecule has 0 aliphatic carbocycles. The molecule has 23 heteroatoms. The zero-order valence-electron chi connectivity index (χ0n) is 25.7. The number of carbonyl (C=O) groups excluding carboxylic acids is 7. The Labute approximate surface area is 273 Å². The van der Waals surface area contributed by atoms with E-state index in [4.69, 9.17) is 22.9 Å². The number of aliphatic hydroxyl groups excluding tert-OH is 3. The molecular formula is C25H43N13O10. The summed E-state index contributed by atoms with van der Waals surface area (Å²) >= 11 is 0. The van der Waals surface area contributed by atoms with Crippen LogP contribution >= 0.6 is 0 Å². The van der Waals surface area contributed by atoms with Gasteiger partial charge in [-0.2, -0.15) is 0 Å². The highest BCUT2D eigenvalue weighted by molar-refractivity contribution is 6.02. The molecular weight excluding hydrogens is 642 g/mol. The standard InChI is InChI=1S/C25H43N13O10/c26-3-1-2-10(27)4-16(41)32-12-6-30-23(47)18(11-5-17(42)37-24(28)36-11)38-20(44)13(7-31-25(29)48)33-21(45)14(8-39)35-22(46)15(9-40)34-19(12)43/h7,10-12,14-15,17-18,39-40,42H,1-6,8-9,26-27H2,(H,30,47)(H,32,41)(H,33,45)(H,34,43)(H,35,46)(H,38,44)(H3,28,36,37)(H3,29,31,48)/b13-7-/t10-,11+,12-,14-,15-,17-,18-/m0/s1. The van der Waals surface area contributed by atoms with E-state index in [-0.39, 0.29) is 18.8 Å². The molecule has 48 heavy (non-hydrogen) atoms. The second kappa shape index (κ2) is 18.9. The van der Waals surface area contributed by atoms with Crippen molar-refractivity contribution in [2.45, 2.75) is 68.2 Å². The highest BCUT2D eigenvalue weighted by Crippen LogP contribution is 2.11. The van der Waals surface area contributed by atoms with Crippen LogP contribution in [0, 0.1) is 0 Å². The van der Waals surface area contributed by atoms with E-state index < -0.39 is 109 Å². The van der Waals surface area contributed by atoms with Crippen molar-refractivity contribution in [1.82, 2.24) is 42.5 Å². The first-order chi connectivity index (χ1) is 22.7. The number of carbonyl (C=O) groups is 7. The van der Waals surface area contributed by atoms with E-state index in [0.717, 1.165) is 0 Å². The minimum atomic E-state index is -1.78. The molecule has 0 saturated carbocycles. The van der Waals surface area contributed by atoms with Crippen molar-refractivity contribution >= 4 is 47.4 Å². The second-order valence-corrected chi connectivity index (χ2v) is 10.7. The topological polar surface area (TPSA) is 393 Å². The van der Waals surface area contributed by atoms with E-state index in [2.05, 4.69) is 42.2 Å². The van der Waals surface area contributed by atoms with Gasteiger partial charge in [-0.25, -0.2) is 9.79 Å². The number of aliphatic imine (C=N–C) groups is 1. The Hall–Kier alpha value is -5.10. The lowest BCUT2D eigenvalue weighted by Crippen LogP contribution is -2.64. The van der Waals surface area contributed by atoms with Crippen LogP contribution in [0.2, 0.25) is 0 Å². The predicted molar refractivity (Wildman–Crippen MR) is 164 cm³/mol. The number of nitrogens with two attached hydrogens (primary N) is 4. The molecule has 0 bridgehead atoms. The average molecular weight is 686 g/mol. The summed E-state index contributed by atoms with van der Waals surface area (Å²) in [6.07, 6.45) is -0.339. The number of aliphatic hydroxyl groups is 3. The van der Waals surface area contributed by atoms with Crippen LogP contribution in [0.4, 0.5) is 4.79 Å². The predicted octanol–water partition coefficient (Wildman–Crippen LogP) is -8.88. The van der Waals surface area contributed by atoms with Crippen LogP contribution < -0.4 is 65.5 Å². The van der Waals surface area contributed by atoms with Crippen molar-refractivity contribution in [3.63, 3.8) is 0 Å². The summed E-state index contributed by atoms with van der Waals surface area (Å²) in [5.41, 5.74) is 21.5. The van der Waals surface area contributed by atoms with Crippen molar-refractivity contribution in [3.05, 3.63) is 11.9 Å². The van der Waals surface area contributed by atoms with Crippen LogP contribution in [0.3, 0.4) is 0 Å². The van der Waals surface area contributed by atoms with Crippen LogP contribution in [0.5, 0.6) is 0 Å². The number of hydrogen-bond acceptors (Lipinski definition) is 15. The SMILES string of the molecule is NCCC[C@H](N)CC(=O)N[C@H]1CNC(=O)[C@H]([C@H]2C[C@H](O)N=C(N)N2)NC(=O)/C(=C/NC(N)=O)NC(=O)[C@H](CO)NC(=O)[C@H](CO)NC1=O. The van der Waals surface area contributed by atoms with Gasteiger partial charge in [-0.15, -0.1) is 0 Å². The van der Waals surface area contributed by atoms with Crippen molar-refractivity contribution in [2.75, 3.05) is 26.3 Å². The highest BCUT2D eigenvalue weighted by atomic mass is 16.3.